The minimum absolute atomic E-state index is 0. The van der Waals surface area contributed by atoms with Gasteiger partial charge >= 0.3 is 0 Å². The minimum atomic E-state index is -0.572. The van der Waals surface area contributed by atoms with E-state index in [0.717, 1.165) is 12.0 Å². The van der Waals surface area contributed by atoms with Crippen molar-refractivity contribution < 1.29 is 9.84 Å². The molecule has 5 heteroatoms. The van der Waals surface area contributed by atoms with E-state index >= 15 is 0 Å². The number of hydrogen-bond acceptors (Lipinski definition) is 3. The molecule has 0 amide bonds. The van der Waals surface area contributed by atoms with Crippen molar-refractivity contribution >= 4 is 24.0 Å². The van der Waals surface area contributed by atoms with E-state index in [1.54, 1.807) is 25.3 Å². The summed E-state index contributed by atoms with van der Waals surface area (Å²) in [7, 11) is 1.58. The molecule has 0 aromatic heterocycles. The van der Waals surface area contributed by atoms with Crippen LogP contribution < -0.4 is 10.5 Å². The zero-order valence-corrected chi connectivity index (χ0v) is 11.6. The van der Waals surface area contributed by atoms with Crippen molar-refractivity contribution in [1.82, 2.24) is 0 Å². The van der Waals surface area contributed by atoms with E-state index in [0.29, 0.717) is 17.2 Å². The summed E-state index contributed by atoms with van der Waals surface area (Å²) in [5.41, 5.74) is 6.73. The molecule has 1 rings (SSSR count). The number of nitrogens with two attached hydrogens (primary N) is 1. The molecule has 1 aromatic carbocycles. The van der Waals surface area contributed by atoms with Crippen LogP contribution in [0.4, 0.5) is 0 Å². The number of ether oxygens (including phenoxy) is 1. The normalized spacial score (nSPS) is 13.7. The molecule has 3 N–H and O–H groups in total. The predicted octanol–water partition coefficient (Wildman–Crippen LogP) is 2.93. The zero-order valence-electron chi connectivity index (χ0n) is 10.0. The molecule has 0 aliphatic rings. The average molecular weight is 280 g/mol. The van der Waals surface area contributed by atoms with E-state index in [4.69, 9.17) is 22.1 Å². The Balaban J connectivity index is 0.00000256. The van der Waals surface area contributed by atoms with Gasteiger partial charge in [-0.25, -0.2) is 0 Å². The van der Waals surface area contributed by atoms with Crippen LogP contribution in [-0.2, 0) is 0 Å². The van der Waals surface area contributed by atoms with Crippen LogP contribution in [0.25, 0.3) is 0 Å². The van der Waals surface area contributed by atoms with Gasteiger partial charge in [-0.15, -0.1) is 12.4 Å². The van der Waals surface area contributed by atoms with Gasteiger partial charge in [0.25, 0.3) is 0 Å². The number of benzene rings is 1. The Hall–Kier alpha value is -0.480. The van der Waals surface area contributed by atoms with Gasteiger partial charge in [0.15, 0.2) is 0 Å². The van der Waals surface area contributed by atoms with Crippen LogP contribution in [0.15, 0.2) is 18.2 Å². The summed E-state index contributed by atoms with van der Waals surface area (Å²) in [6.45, 7) is 2.01. The van der Waals surface area contributed by atoms with Gasteiger partial charge in [0.05, 0.1) is 19.3 Å². The fourth-order valence-electron chi connectivity index (χ4n) is 1.65. The Morgan fingerprint density at radius 3 is 2.65 bits per heavy atom. The summed E-state index contributed by atoms with van der Waals surface area (Å²) in [6.07, 6.45) is 0.978. The molecule has 1 aromatic rings. The van der Waals surface area contributed by atoms with Crippen LogP contribution in [0.2, 0.25) is 5.02 Å². The number of aliphatic hydroxyl groups excluding tert-OH is 1. The smallest absolute Gasteiger partial charge is 0.123 e. The van der Waals surface area contributed by atoms with Gasteiger partial charge < -0.3 is 15.6 Å². The summed E-state index contributed by atoms with van der Waals surface area (Å²) >= 11 is 5.91. The van der Waals surface area contributed by atoms with E-state index in [2.05, 4.69) is 0 Å². The highest BCUT2D eigenvalue weighted by molar-refractivity contribution is 6.30. The summed E-state index contributed by atoms with van der Waals surface area (Å²) in [4.78, 5) is 0. The Labute approximate surface area is 113 Å². The van der Waals surface area contributed by atoms with Crippen molar-refractivity contribution in [1.29, 1.82) is 0 Å². The molecular formula is C12H19Cl2NO2. The maximum absolute atomic E-state index is 9.86. The standard InChI is InChI=1S/C12H18ClNO2.ClH/c1-3-4-10(15)12(14)9-7-8(13)5-6-11(9)16-2;/h5-7,10,12,15H,3-4,14H2,1-2H3;1H/t10-,12+;/m0./s1. The molecule has 0 saturated carbocycles. The van der Waals surface area contributed by atoms with Crippen molar-refractivity contribution in [2.45, 2.75) is 31.9 Å². The highest BCUT2D eigenvalue weighted by atomic mass is 35.5. The number of hydrogen-bond donors (Lipinski definition) is 2. The largest absolute Gasteiger partial charge is 0.496 e. The highest BCUT2D eigenvalue weighted by Crippen LogP contribution is 2.29. The van der Waals surface area contributed by atoms with Crippen molar-refractivity contribution in [3.8, 4) is 5.75 Å². The second-order valence-corrected chi connectivity index (χ2v) is 4.20. The van der Waals surface area contributed by atoms with E-state index in [1.807, 2.05) is 6.92 Å². The Morgan fingerprint density at radius 1 is 1.47 bits per heavy atom. The number of halogens is 2. The van der Waals surface area contributed by atoms with E-state index in [-0.39, 0.29) is 12.4 Å². The molecule has 98 valence electrons. The van der Waals surface area contributed by atoms with Gasteiger partial charge in [0.2, 0.25) is 0 Å². The van der Waals surface area contributed by atoms with Gasteiger partial charge in [-0.1, -0.05) is 24.9 Å². The van der Waals surface area contributed by atoms with Crippen LogP contribution in [0.3, 0.4) is 0 Å². The first-order valence-electron chi connectivity index (χ1n) is 5.37. The molecule has 0 bridgehead atoms. The first kappa shape index (κ1) is 16.5. The summed E-state index contributed by atoms with van der Waals surface area (Å²) in [6, 6.07) is 4.77. The predicted molar refractivity (Wildman–Crippen MR) is 73.1 cm³/mol. The first-order chi connectivity index (χ1) is 7.60. The maximum Gasteiger partial charge on any atom is 0.123 e. The van der Waals surface area contributed by atoms with E-state index in [9.17, 15) is 5.11 Å². The molecule has 0 unspecified atom stereocenters. The lowest BCUT2D eigenvalue weighted by atomic mass is 9.98. The summed E-state index contributed by atoms with van der Waals surface area (Å²) in [5, 5.41) is 10.5. The van der Waals surface area contributed by atoms with Crippen LogP contribution in [-0.4, -0.2) is 18.3 Å². The molecule has 2 atom stereocenters. The minimum Gasteiger partial charge on any atom is -0.496 e. The fraction of sp³-hybridized carbons (Fsp3) is 0.500. The van der Waals surface area contributed by atoms with Crippen molar-refractivity contribution in [3.05, 3.63) is 28.8 Å². The quantitative estimate of drug-likeness (QED) is 0.872. The molecule has 0 spiro atoms. The van der Waals surface area contributed by atoms with E-state index < -0.39 is 12.1 Å². The molecule has 0 radical (unpaired) electrons. The third-order valence-corrected chi connectivity index (χ3v) is 2.78. The maximum atomic E-state index is 9.86. The molecular weight excluding hydrogens is 261 g/mol. The molecule has 0 aliphatic heterocycles. The Kier molecular flexibility index (Phi) is 7.55. The lowest BCUT2D eigenvalue weighted by molar-refractivity contribution is 0.133. The first-order valence-corrected chi connectivity index (χ1v) is 5.75. The molecule has 0 heterocycles. The monoisotopic (exact) mass is 279 g/mol. The van der Waals surface area contributed by atoms with Gasteiger partial charge in [-0.2, -0.15) is 0 Å². The molecule has 0 fully saturated rings. The Bertz CT molecular complexity index is 347. The molecule has 17 heavy (non-hydrogen) atoms. The Morgan fingerprint density at radius 2 is 2.12 bits per heavy atom. The van der Waals surface area contributed by atoms with Crippen molar-refractivity contribution in [2.24, 2.45) is 5.73 Å². The summed E-state index contributed by atoms with van der Waals surface area (Å²) < 4.78 is 5.20. The average Bonchev–Trinajstić information content (AvgIpc) is 2.28. The SMILES string of the molecule is CCC[C@H](O)[C@H](N)c1cc(Cl)ccc1OC.Cl. The van der Waals surface area contributed by atoms with Gasteiger partial charge in [-0.05, 0) is 24.6 Å². The lowest BCUT2D eigenvalue weighted by Gasteiger charge is -2.21. The molecule has 3 nitrogen and oxygen atoms in total. The third kappa shape index (κ3) is 4.36. The van der Waals surface area contributed by atoms with Crippen molar-refractivity contribution in [2.75, 3.05) is 7.11 Å². The molecule has 0 saturated heterocycles. The van der Waals surface area contributed by atoms with Crippen LogP contribution in [0.1, 0.15) is 31.4 Å². The fourth-order valence-corrected chi connectivity index (χ4v) is 1.83. The lowest BCUT2D eigenvalue weighted by Crippen LogP contribution is -2.26. The van der Waals surface area contributed by atoms with Crippen molar-refractivity contribution in [3.63, 3.8) is 0 Å². The molecule has 0 aliphatic carbocycles. The van der Waals surface area contributed by atoms with Gasteiger partial charge in [-0.3, -0.25) is 0 Å². The van der Waals surface area contributed by atoms with Crippen LogP contribution in [0, 0.1) is 0 Å². The van der Waals surface area contributed by atoms with Crippen LogP contribution >= 0.6 is 24.0 Å². The van der Waals surface area contributed by atoms with Gasteiger partial charge in [0, 0.05) is 10.6 Å². The van der Waals surface area contributed by atoms with Crippen LogP contribution in [0.5, 0.6) is 5.75 Å². The topological polar surface area (TPSA) is 55.5 Å². The highest BCUT2D eigenvalue weighted by Gasteiger charge is 2.19. The number of methoxy groups -OCH3 is 1. The second kappa shape index (κ2) is 7.77. The zero-order chi connectivity index (χ0) is 12.1. The number of rotatable bonds is 5. The number of aliphatic hydroxyl groups is 1. The van der Waals surface area contributed by atoms with Gasteiger partial charge in [0.1, 0.15) is 5.75 Å². The summed E-state index contributed by atoms with van der Waals surface area (Å²) in [5.74, 6) is 0.659. The van der Waals surface area contributed by atoms with E-state index in [1.165, 1.54) is 0 Å². The second-order valence-electron chi connectivity index (χ2n) is 3.77. The third-order valence-electron chi connectivity index (χ3n) is 2.55.